The topological polar surface area (TPSA) is 20.2 Å². The highest BCUT2D eigenvalue weighted by atomic mass is 16.3. The molecule has 0 aromatic rings. The first-order chi connectivity index (χ1) is 16.8. The van der Waals surface area contributed by atoms with Crippen molar-refractivity contribution < 1.29 is 5.11 Å². The summed E-state index contributed by atoms with van der Waals surface area (Å²) in [7, 11) is 0. The van der Waals surface area contributed by atoms with Crippen LogP contribution in [0, 0.1) is 50.7 Å². The van der Waals surface area contributed by atoms with Gasteiger partial charge in [-0.3, -0.25) is 0 Å². The van der Waals surface area contributed by atoms with Crippen LogP contribution < -0.4 is 0 Å². The van der Waals surface area contributed by atoms with Crippen LogP contribution in [-0.2, 0) is 0 Å². The smallest absolute Gasteiger partial charge is 0.0551 e. The Hall–Kier alpha value is -0.560. The Labute approximate surface area is 224 Å². The normalized spacial score (nSPS) is 49.1. The van der Waals surface area contributed by atoms with Crippen molar-refractivity contribution in [1.82, 2.24) is 0 Å². The zero-order valence-corrected chi connectivity index (χ0v) is 25.2. The fraction of sp³-hybridized carbons (Fsp3) is 0.886. The molecule has 0 amide bonds. The van der Waals surface area contributed by atoms with Crippen molar-refractivity contribution in [2.24, 2.45) is 50.7 Å². The monoisotopic (exact) mass is 494 g/mol. The summed E-state index contributed by atoms with van der Waals surface area (Å²) in [5.41, 5.74) is 5.03. The first kappa shape index (κ1) is 27.0. The summed E-state index contributed by atoms with van der Waals surface area (Å²) in [6, 6.07) is 0. The third kappa shape index (κ3) is 4.03. The molecule has 5 aliphatic rings. The lowest BCUT2D eigenvalue weighted by Gasteiger charge is -2.73. The predicted molar refractivity (Wildman–Crippen MR) is 154 cm³/mol. The third-order valence-electron chi connectivity index (χ3n) is 14.0. The number of aliphatic hydroxyl groups excluding tert-OH is 1. The highest BCUT2D eigenvalue weighted by Gasteiger charge is 2.68. The van der Waals surface area contributed by atoms with Crippen molar-refractivity contribution in [2.75, 3.05) is 0 Å². The molecule has 0 aromatic heterocycles. The van der Waals surface area contributed by atoms with Gasteiger partial charge in [0.1, 0.15) is 0 Å². The maximum Gasteiger partial charge on any atom is 0.0551 e. The minimum absolute atomic E-state index is 0.130. The molecule has 1 heteroatoms. The summed E-state index contributed by atoms with van der Waals surface area (Å²) in [5, 5.41) is 11.5. The maximum atomic E-state index is 11.5. The SMILES string of the molecule is CC1=CCC([C@H](C)CC[C@@]2(C)C[C@@H](O)C[C@]3(C)[C@@H]2CC[C@@H]2[C@@]4(C)CCCC(C)(C)[C@@H]4CC[C@]23C)=CC1. The number of rotatable bonds is 4. The molecule has 0 bridgehead atoms. The van der Waals surface area contributed by atoms with Gasteiger partial charge in [-0.2, -0.15) is 0 Å². The van der Waals surface area contributed by atoms with E-state index in [1.165, 1.54) is 63.4 Å². The van der Waals surface area contributed by atoms with Gasteiger partial charge in [0.2, 0.25) is 0 Å². The molecule has 1 nitrogen and oxygen atoms in total. The van der Waals surface area contributed by atoms with E-state index in [2.05, 4.69) is 67.5 Å². The van der Waals surface area contributed by atoms with E-state index in [0.717, 1.165) is 43.4 Å². The van der Waals surface area contributed by atoms with Crippen LogP contribution in [0.1, 0.15) is 139 Å². The Balaban J connectivity index is 1.40. The summed E-state index contributed by atoms with van der Waals surface area (Å²) >= 11 is 0. The van der Waals surface area contributed by atoms with Gasteiger partial charge in [-0.05, 0) is 135 Å². The molecule has 9 atom stereocenters. The van der Waals surface area contributed by atoms with Gasteiger partial charge in [0.05, 0.1) is 6.10 Å². The van der Waals surface area contributed by atoms with Gasteiger partial charge in [-0.25, -0.2) is 0 Å². The first-order valence-corrected chi connectivity index (χ1v) is 15.8. The molecule has 0 radical (unpaired) electrons. The lowest BCUT2D eigenvalue weighted by atomic mass is 9.32. The molecule has 0 saturated heterocycles. The molecule has 4 fully saturated rings. The number of aliphatic hydroxyl groups is 1. The van der Waals surface area contributed by atoms with Crippen LogP contribution in [0.3, 0.4) is 0 Å². The fourth-order valence-electron chi connectivity index (χ4n) is 11.9. The molecule has 0 aromatic carbocycles. The van der Waals surface area contributed by atoms with Crippen molar-refractivity contribution >= 4 is 0 Å². The minimum Gasteiger partial charge on any atom is -0.393 e. The van der Waals surface area contributed by atoms with Crippen molar-refractivity contribution in [3.05, 3.63) is 23.3 Å². The Kier molecular flexibility index (Phi) is 6.75. The van der Waals surface area contributed by atoms with Crippen LogP contribution in [0.5, 0.6) is 0 Å². The van der Waals surface area contributed by atoms with Gasteiger partial charge in [0.25, 0.3) is 0 Å². The van der Waals surface area contributed by atoms with Gasteiger partial charge < -0.3 is 5.11 Å². The zero-order chi connectivity index (χ0) is 26.1. The number of hydrogen-bond acceptors (Lipinski definition) is 1. The second-order valence-electron chi connectivity index (χ2n) is 16.4. The summed E-state index contributed by atoms with van der Waals surface area (Å²) < 4.78 is 0. The van der Waals surface area contributed by atoms with E-state index in [1.807, 2.05) is 0 Å². The summed E-state index contributed by atoms with van der Waals surface area (Å²) in [4.78, 5) is 0. The first-order valence-electron chi connectivity index (χ1n) is 15.8. The fourth-order valence-corrected chi connectivity index (χ4v) is 11.9. The van der Waals surface area contributed by atoms with E-state index < -0.39 is 0 Å². The molecule has 4 saturated carbocycles. The molecule has 36 heavy (non-hydrogen) atoms. The highest BCUT2D eigenvalue weighted by Crippen LogP contribution is 2.76. The maximum absolute atomic E-state index is 11.5. The molecular weight excluding hydrogens is 436 g/mol. The van der Waals surface area contributed by atoms with E-state index in [9.17, 15) is 5.11 Å². The van der Waals surface area contributed by atoms with Crippen LogP contribution in [0.25, 0.3) is 0 Å². The van der Waals surface area contributed by atoms with E-state index >= 15 is 0 Å². The standard InChI is InChI=1S/C35H58O/c1-24-10-12-26(13-11-24)25(2)16-20-32(5)22-27(36)23-35(8)29(32)14-15-30-33(6)19-9-18-31(3,4)28(33)17-21-34(30,35)7/h10,13,25,27-30,36H,9,11-12,14-23H2,1-8H3/t25-,27-,28+,29-,30-,32+,33+,34-,35-/m1/s1. The highest BCUT2D eigenvalue weighted by molar-refractivity contribution is 5.22. The lowest BCUT2D eigenvalue weighted by molar-refractivity contribution is -0.247. The molecule has 1 N–H and O–H groups in total. The summed E-state index contributed by atoms with van der Waals surface area (Å²) in [6.07, 6.45) is 21.6. The van der Waals surface area contributed by atoms with Gasteiger partial charge in [-0.15, -0.1) is 0 Å². The van der Waals surface area contributed by atoms with E-state index in [4.69, 9.17) is 0 Å². The van der Waals surface area contributed by atoms with Gasteiger partial charge in [-0.1, -0.05) is 78.2 Å². The molecule has 204 valence electrons. The van der Waals surface area contributed by atoms with Crippen molar-refractivity contribution in [3.63, 3.8) is 0 Å². The zero-order valence-electron chi connectivity index (χ0n) is 25.2. The number of hydrogen-bond donors (Lipinski definition) is 1. The summed E-state index contributed by atoms with van der Waals surface area (Å²) in [6.45, 7) is 20.5. The summed E-state index contributed by atoms with van der Waals surface area (Å²) in [5.74, 6) is 3.11. The average molecular weight is 495 g/mol. The van der Waals surface area contributed by atoms with Gasteiger partial charge >= 0.3 is 0 Å². The molecule has 0 unspecified atom stereocenters. The molecule has 5 aliphatic carbocycles. The molecular formula is C35H58O. The van der Waals surface area contributed by atoms with E-state index in [0.29, 0.717) is 22.2 Å². The Morgan fingerprint density at radius 1 is 0.833 bits per heavy atom. The molecule has 5 rings (SSSR count). The minimum atomic E-state index is -0.130. The number of fused-ring (bicyclic) bond motifs is 5. The second kappa shape index (κ2) is 8.99. The molecule has 0 heterocycles. The Bertz CT molecular complexity index is 910. The third-order valence-corrected chi connectivity index (χ3v) is 14.0. The van der Waals surface area contributed by atoms with Crippen molar-refractivity contribution in [1.29, 1.82) is 0 Å². The average Bonchev–Trinajstić information content (AvgIpc) is 2.78. The Morgan fingerprint density at radius 2 is 1.56 bits per heavy atom. The van der Waals surface area contributed by atoms with Crippen LogP contribution in [-0.4, -0.2) is 11.2 Å². The predicted octanol–water partition coefficient (Wildman–Crippen LogP) is 9.90. The van der Waals surface area contributed by atoms with Crippen LogP contribution >= 0.6 is 0 Å². The lowest BCUT2D eigenvalue weighted by Crippen LogP contribution is -2.66. The number of allylic oxidation sites excluding steroid dienone is 4. The second-order valence-corrected chi connectivity index (χ2v) is 16.4. The van der Waals surface area contributed by atoms with E-state index in [1.54, 1.807) is 5.57 Å². The van der Waals surface area contributed by atoms with Crippen LogP contribution in [0.2, 0.25) is 0 Å². The van der Waals surface area contributed by atoms with Crippen molar-refractivity contribution in [2.45, 2.75) is 145 Å². The Morgan fingerprint density at radius 3 is 2.25 bits per heavy atom. The van der Waals surface area contributed by atoms with E-state index in [-0.39, 0.29) is 16.9 Å². The molecule has 0 aliphatic heterocycles. The van der Waals surface area contributed by atoms with Gasteiger partial charge in [0, 0.05) is 0 Å². The van der Waals surface area contributed by atoms with Crippen LogP contribution in [0.4, 0.5) is 0 Å². The quantitative estimate of drug-likeness (QED) is 0.385. The van der Waals surface area contributed by atoms with Gasteiger partial charge in [0.15, 0.2) is 0 Å². The van der Waals surface area contributed by atoms with Crippen LogP contribution in [0.15, 0.2) is 23.3 Å². The van der Waals surface area contributed by atoms with Crippen molar-refractivity contribution in [3.8, 4) is 0 Å². The largest absolute Gasteiger partial charge is 0.393 e. The molecule has 0 spiro atoms.